The van der Waals surface area contributed by atoms with Gasteiger partial charge in [0.1, 0.15) is 12.9 Å². The predicted molar refractivity (Wildman–Crippen MR) is 104 cm³/mol. The lowest BCUT2D eigenvalue weighted by molar-refractivity contribution is -0.132. The Morgan fingerprint density at radius 3 is 2.59 bits per heavy atom. The molecule has 140 valence electrons. The van der Waals surface area contributed by atoms with E-state index < -0.39 is 5.97 Å². The molecule has 0 atom stereocenters. The number of ether oxygens (including phenoxy) is 2. The van der Waals surface area contributed by atoms with Crippen LogP contribution in [0.3, 0.4) is 0 Å². The van der Waals surface area contributed by atoms with Crippen LogP contribution in [0.25, 0.3) is 10.9 Å². The Morgan fingerprint density at radius 1 is 1.07 bits per heavy atom. The third-order valence-corrected chi connectivity index (χ3v) is 4.31. The Kier molecular flexibility index (Phi) is 5.45. The highest BCUT2D eigenvalue weighted by atomic mass is 16.6. The first-order valence-corrected chi connectivity index (χ1v) is 8.53. The average Bonchev–Trinajstić information content (AvgIpc) is 3.04. The summed E-state index contributed by atoms with van der Waals surface area (Å²) in [5, 5.41) is 4.84. The summed E-state index contributed by atoms with van der Waals surface area (Å²) in [4.78, 5) is 17.1. The van der Waals surface area contributed by atoms with Gasteiger partial charge in [0.2, 0.25) is 5.71 Å². The Morgan fingerprint density at radius 2 is 1.85 bits per heavy atom. The second kappa shape index (κ2) is 7.95. The second-order valence-corrected chi connectivity index (χ2v) is 6.17. The quantitative estimate of drug-likeness (QED) is 0.378. The van der Waals surface area contributed by atoms with Crippen molar-refractivity contribution in [3.05, 3.63) is 65.4 Å². The molecule has 0 radical (unpaired) electrons. The number of fused-ring (bicyclic) bond motifs is 1. The molecule has 1 heterocycles. The number of carbonyl (C=O) groups excluding carboxylic acids is 1. The zero-order chi connectivity index (χ0) is 19.4. The number of rotatable bonds is 6. The molecule has 0 N–H and O–H groups in total. The highest BCUT2D eigenvalue weighted by Crippen LogP contribution is 2.24. The predicted octanol–water partition coefficient (Wildman–Crippen LogP) is 3.82. The minimum Gasteiger partial charge on any atom is -0.472 e. The van der Waals surface area contributed by atoms with Crippen molar-refractivity contribution in [2.45, 2.75) is 20.6 Å². The lowest BCUT2D eigenvalue weighted by Gasteiger charge is -2.14. The van der Waals surface area contributed by atoms with E-state index in [-0.39, 0.29) is 12.4 Å². The molecule has 27 heavy (non-hydrogen) atoms. The summed E-state index contributed by atoms with van der Waals surface area (Å²) >= 11 is 0. The van der Waals surface area contributed by atoms with Crippen molar-refractivity contribution in [3.8, 4) is 5.75 Å². The molecule has 6 nitrogen and oxygen atoms in total. The number of nitrogens with zero attached hydrogens (tertiary/aromatic N) is 2. The minimum absolute atomic E-state index is 0.0840. The molecular formula is C21H22N2O4. The summed E-state index contributed by atoms with van der Waals surface area (Å²) in [5.74, 6) is 0.217. The molecule has 0 saturated carbocycles. The standard InChI is InChI=1S/C21H22N2O4/c1-14-9-10-15(2)19(11-14)27-13-23-17-8-6-5-7-16(17)12-18(23)20(22-26-4)21(24)25-3/h5-12H,13H2,1-4H3. The molecule has 0 aliphatic heterocycles. The molecular weight excluding hydrogens is 344 g/mol. The van der Waals surface area contributed by atoms with Gasteiger partial charge in [0.05, 0.1) is 18.3 Å². The third kappa shape index (κ3) is 3.79. The number of aromatic nitrogens is 1. The number of para-hydroxylation sites is 1. The van der Waals surface area contributed by atoms with Gasteiger partial charge in [-0.25, -0.2) is 4.79 Å². The van der Waals surface area contributed by atoms with Crippen LogP contribution in [0, 0.1) is 13.8 Å². The lowest BCUT2D eigenvalue weighted by Crippen LogP contribution is -2.22. The van der Waals surface area contributed by atoms with Crippen molar-refractivity contribution in [1.82, 2.24) is 4.57 Å². The second-order valence-electron chi connectivity index (χ2n) is 6.17. The zero-order valence-corrected chi connectivity index (χ0v) is 15.9. The topological polar surface area (TPSA) is 62.0 Å². The van der Waals surface area contributed by atoms with Gasteiger partial charge in [-0.05, 0) is 43.2 Å². The molecule has 6 heteroatoms. The SMILES string of the molecule is CON=C(C(=O)OC)c1cc2ccccc2n1COc1cc(C)ccc1C. The van der Waals surface area contributed by atoms with Gasteiger partial charge >= 0.3 is 5.97 Å². The van der Waals surface area contributed by atoms with Gasteiger partial charge < -0.3 is 18.9 Å². The third-order valence-electron chi connectivity index (χ3n) is 4.31. The maximum absolute atomic E-state index is 12.2. The van der Waals surface area contributed by atoms with Crippen LogP contribution in [0.15, 0.2) is 53.7 Å². The molecule has 0 amide bonds. The fraction of sp³-hybridized carbons (Fsp3) is 0.238. The van der Waals surface area contributed by atoms with Crippen molar-refractivity contribution < 1.29 is 19.1 Å². The molecule has 0 unspecified atom stereocenters. The summed E-state index contributed by atoms with van der Waals surface area (Å²) in [7, 11) is 2.70. The first-order chi connectivity index (χ1) is 13.0. The first kappa shape index (κ1) is 18.5. The number of hydrogen-bond acceptors (Lipinski definition) is 5. The Bertz CT molecular complexity index is 1000. The van der Waals surface area contributed by atoms with Gasteiger partial charge in [-0.1, -0.05) is 35.5 Å². The maximum atomic E-state index is 12.2. The van der Waals surface area contributed by atoms with Gasteiger partial charge in [-0.3, -0.25) is 0 Å². The molecule has 3 rings (SSSR count). The molecule has 0 aliphatic carbocycles. The van der Waals surface area contributed by atoms with E-state index in [4.69, 9.17) is 14.3 Å². The Balaban J connectivity index is 2.06. The van der Waals surface area contributed by atoms with Crippen LogP contribution in [-0.4, -0.2) is 30.5 Å². The van der Waals surface area contributed by atoms with Crippen LogP contribution in [-0.2, 0) is 21.1 Å². The van der Waals surface area contributed by atoms with Crippen molar-refractivity contribution in [3.63, 3.8) is 0 Å². The van der Waals surface area contributed by atoms with E-state index in [0.717, 1.165) is 27.8 Å². The molecule has 2 aromatic carbocycles. The number of methoxy groups -OCH3 is 1. The van der Waals surface area contributed by atoms with Crippen molar-refractivity contribution in [2.75, 3.05) is 14.2 Å². The Labute approximate surface area is 157 Å². The number of esters is 1. The van der Waals surface area contributed by atoms with Crippen molar-refractivity contribution in [2.24, 2.45) is 5.16 Å². The molecule has 0 fully saturated rings. The van der Waals surface area contributed by atoms with Gasteiger partial charge in [-0.15, -0.1) is 0 Å². The summed E-state index contributed by atoms with van der Waals surface area (Å²) in [5.41, 5.74) is 3.73. The minimum atomic E-state index is -0.576. The van der Waals surface area contributed by atoms with Gasteiger partial charge in [0.25, 0.3) is 0 Å². The van der Waals surface area contributed by atoms with E-state index in [1.165, 1.54) is 14.2 Å². The fourth-order valence-corrected chi connectivity index (χ4v) is 2.92. The van der Waals surface area contributed by atoms with E-state index in [1.54, 1.807) is 0 Å². The van der Waals surface area contributed by atoms with E-state index in [0.29, 0.717) is 5.69 Å². The summed E-state index contributed by atoms with van der Waals surface area (Å²) in [6, 6.07) is 15.7. The average molecular weight is 366 g/mol. The van der Waals surface area contributed by atoms with Crippen LogP contribution in [0.5, 0.6) is 5.75 Å². The van der Waals surface area contributed by atoms with Crippen molar-refractivity contribution in [1.29, 1.82) is 0 Å². The molecule has 3 aromatic rings. The number of benzene rings is 2. The molecule has 0 saturated heterocycles. The van der Waals surface area contributed by atoms with Gasteiger partial charge in [0.15, 0.2) is 6.73 Å². The van der Waals surface area contributed by atoms with Gasteiger partial charge in [0, 0.05) is 5.39 Å². The van der Waals surface area contributed by atoms with E-state index >= 15 is 0 Å². The van der Waals surface area contributed by atoms with Crippen LogP contribution >= 0.6 is 0 Å². The maximum Gasteiger partial charge on any atom is 0.362 e. The van der Waals surface area contributed by atoms with Crippen molar-refractivity contribution >= 4 is 22.6 Å². The normalized spacial score (nSPS) is 11.5. The van der Waals surface area contributed by atoms with E-state index in [9.17, 15) is 4.79 Å². The molecule has 1 aromatic heterocycles. The number of hydrogen-bond donors (Lipinski definition) is 0. The molecule has 0 bridgehead atoms. The fourth-order valence-electron chi connectivity index (χ4n) is 2.92. The summed E-state index contributed by atoms with van der Waals surface area (Å²) < 4.78 is 12.8. The van der Waals surface area contributed by atoms with Crippen LogP contribution < -0.4 is 4.74 Å². The number of aryl methyl sites for hydroxylation is 2. The van der Waals surface area contributed by atoms with Crippen LogP contribution in [0.1, 0.15) is 16.8 Å². The highest BCUT2D eigenvalue weighted by Gasteiger charge is 2.22. The Hall–Kier alpha value is -3.28. The van der Waals surface area contributed by atoms with E-state index in [2.05, 4.69) is 5.16 Å². The zero-order valence-electron chi connectivity index (χ0n) is 15.9. The lowest BCUT2D eigenvalue weighted by atomic mass is 10.1. The number of carbonyl (C=O) groups is 1. The van der Waals surface area contributed by atoms with E-state index in [1.807, 2.05) is 66.9 Å². The smallest absolute Gasteiger partial charge is 0.362 e. The molecule has 0 aliphatic rings. The highest BCUT2D eigenvalue weighted by molar-refractivity contribution is 6.43. The summed E-state index contributed by atoms with van der Waals surface area (Å²) in [6.45, 7) is 4.23. The van der Waals surface area contributed by atoms with Gasteiger partial charge in [-0.2, -0.15) is 0 Å². The largest absolute Gasteiger partial charge is 0.472 e. The number of oxime groups is 1. The summed E-state index contributed by atoms with van der Waals surface area (Å²) in [6.07, 6.45) is 0. The van der Waals surface area contributed by atoms with Crippen LogP contribution in [0.4, 0.5) is 0 Å². The molecule has 0 spiro atoms. The first-order valence-electron chi connectivity index (χ1n) is 8.53. The van der Waals surface area contributed by atoms with Crippen LogP contribution in [0.2, 0.25) is 0 Å². The monoisotopic (exact) mass is 366 g/mol.